The van der Waals surface area contributed by atoms with Crippen LogP contribution in [-0.2, 0) is 35.5 Å². The molecule has 0 saturated carbocycles. The smallest absolute Gasteiger partial charge is 0.246 e. The minimum absolute atomic E-state index is 0.0604. The van der Waals surface area contributed by atoms with Crippen molar-refractivity contribution >= 4 is 16.8 Å². The molecule has 0 aliphatic rings. The van der Waals surface area contributed by atoms with Gasteiger partial charge in [-0.15, -0.1) is 0 Å². The number of amides is 1. The van der Waals surface area contributed by atoms with E-state index in [1.165, 1.54) is 18.2 Å². The van der Waals surface area contributed by atoms with Crippen molar-refractivity contribution in [1.82, 2.24) is 9.88 Å². The first kappa shape index (κ1) is 28.4. The molecule has 206 valence electrons. The minimum Gasteiger partial charge on any atom is -0.395 e. The van der Waals surface area contributed by atoms with E-state index in [0.717, 1.165) is 59.0 Å². The van der Waals surface area contributed by atoms with Gasteiger partial charge in [-0.1, -0.05) is 36.4 Å². The summed E-state index contributed by atoms with van der Waals surface area (Å²) in [6.07, 6.45) is 3.98. The Labute approximate surface area is 227 Å². The molecule has 0 saturated heterocycles. The molecule has 0 aliphatic heterocycles. The summed E-state index contributed by atoms with van der Waals surface area (Å²) in [6.45, 7) is 2.23. The van der Waals surface area contributed by atoms with E-state index in [0.29, 0.717) is 19.5 Å². The molecule has 3 aromatic carbocycles. The van der Waals surface area contributed by atoms with Gasteiger partial charge in [0, 0.05) is 36.7 Å². The number of aromatic nitrogens is 1. The highest BCUT2D eigenvalue weighted by Gasteiger charge is 2.16. The first-order chi connectivity index (χ1) is 18.9. The Kier molecular flexibility index (Phi) is 10.2. The number of rotatable bonds is 15. The Bertz CT molecular complexity index is 1340. The molecule has 1 aromatic heterocycles. The van der Waals surface area contributed by atoms with Crippen molar-refractivity contribution in [3.05, 3.63) is 107 Å². The third kappa shape index (κ3) is 8.45. The Morgan fingerprint density at radius 1 is 0.923 bits per heavy atom. The fourth-order valence-electron chi connectivity index (χ4n) is 4.69. The summed E-state index contributed by atoms with van der Waals surface area (Å²) in [7, 11) is 0. The van der Waals surface area contributed by atoms with Crippen LogP contribution in [0, 0.1) is 11.6 Å². The summed E-state index contributed by atoms with van der Waals surface area (Å²) in [6, 6.07) is 19.0. The first-order valence-corrected chi connectivity index (χ1v) is 13.2. The number of fused-ring (bicyclic) bond motifs is 1. The van der Waals surface area contributed by atoms with Crippen LogP contribution in [0.1, 0.15) is 35.1 Å². The number of H-pyrrole nitrogens is 1. The average molecular weight is 536 g/mol. The Balaban J connectivity index is 1.25. The van der Waals surface area contributed by atoms with Crippen molar-refractivity contribution in [2.75, 3.05) is 19.7 Å². The number of aryl methyl sites for hydroxylation is 1. The predicted molar refractivity (Wildman–Crippen MR) is 148 cm³/mol. The lowest BCUT2D eigenvalue weighted by Gasteiger charge is -2.21. The second kappa shape index (κ2) is 14.0. The fourth-order valence-corrected chi connectivity index (χ4v) is 4.69. The molecule has 1 heterocycles. The molecular weight excluding hydrogens is 500 g/mol. The van der Waals surface area contributed by atoms with Gasteiger partial charge in [0.1, 0.15) is 17.7 Å². The van der Waals surface area contributed by atoms with Gasteiger partial charge in [0.2, 0.25) is 5.91 Å². The number of nitrogens with zero attached hydrogens (tertiary/aromatic N) is 1. The summed E-state index contributed by atoms with van der Waals surface area (Å²) in [5.41, 5.74) is 10.6. The molecule has 0 aliphatic carbocycles. The number of benzene rings is 3. The van der Waals surface area contributed by atoms with Crippen molar-refractivity contribution < 1.29 is 23.4 Å². The molecular formula is C31H35F2N3O3. The summed E-state index contributed by atoms with van der Waals surface area (Å²) < 4.78 is 32.5. The molecule has 4 rings (SSSR count). The van der Waals surface area contributed by atoms with E-state index < -0.39 is 12.0 Å². The van der Waals surface area contributed by atoms with Crippen LogP contribution in [0.3, 0.4) is 0 Å². The lowest BCUT2D eigenvalue weighted by atomic mass is 10.0. The third-order valence-corrected chi connectivity index (χ3v) is 6.89. The molecule has 0 spiro atoms. The van der Waals surface area contributed by atoms with Gasteiger partial charge in [-0.05, 0) is 78.3 Å². The number of primary amides is 1. The van der Waals surface area contributed by atoms with E-state index in [2.05, 4.69) is 34.1 Å². The maximum atomic E-state index is 13.7. The van der Waals surface area contributed by atoms with Gasteiger partial charge in [0.05, 0.1) is 13.2 Å². The lowest BCUT2D eigenvalue weighted by molar-refractivity contribution is -0.130. The van der Waals surface area contributed by atoms with Crippen molar-refractivity contribution in [2.24, 2.45) is 5.73 Å². The van der Waals surface area contributed by atoms with E-state index in [9.17, 15) is 18.7 Å². The molecule has 0 fully saturated rings. The van der Waals surface area contributed by atoms with Gasteiger partial charge in [0.15, 0.2) is 0 Å². The number of aromatic amines is 1. The summed E-state index contributed by atoms with van der Waals surface area (Å²) in [5.74, 6) is -1.08. The Morgan fingerprint density at radius 2 is 1.62 bits per heavy atom. The largest absolute Gasteiger partial charge is 0.395 e. The van der Waals surface area contributed by atoms with Crippen molar-refractivity contribution in [1.29, 1.82) is 0 Å². The van der Waals surface area contributed by atoms with Crippen LogP contribution in [0.25, 0.3) is 10.9 Å². The molecule has 6 nitrogen and oxygen atoms in total. The van der Waals surface area contributed by atoms with Gasteiger partial charge in [-0.25, -0.2) is 8.78 Å². The molecule has 1 amide bonds. The standard InChI is InChI=1S/C31H35F2N3O3/c32-26-10-8-24(9-11-26)21-39-30(31(34)38)3-1-2-22-4-6-23(7-5-22)20-36(16-17-37)15-14-25-19-35-29-13-12-27(33)18-28(25)29/h4-13,18-19,30,35,37H,1-3,14-17,20-21H2,(H2,34,38). The third-order valence-electron chi connectivity index (χ3n) is 6.89. The van der Waals surface area contributed by atoms with Crippen LogP contribution in [0.5, 0.6) is 0 Å². The second-order valence-electron chi connectivity index (χ2n) is 9.79. The highest BCUT2D eigenvalue weighted by atomic mass is 19.1. The number of carbonyl (C=O) groups is 1. The molecule has 4 aromatic rings. The van der Waals surface area contributed by atoms with Crippen LogP contribution in [0.4, 0.5) is 8.78 Å². The zero-order chi connectivity index (χ0) is 27.6. The number of nitrogens with one attached hydrogen (secondary N) is 1. The van der Waals surface area contributed by atoms with E-state index in [-0.39, 0.29) is 24.8 Å². The van der Waals surface area contributed by atoms with Gasteiger partial charge >= 0.3 is 0 Å². The first-order valence-electron chi connectivity index (χ1n) is 13.2. The van der Waals surface area contributed by atoms with Crippen molar-refractivity contribution in [3.63, 3.8) is 0 Å². The van der Waals surface area contributed by atoms with Crippen LogP contribution < -0.4 is 5.73 Å². The number of aliphatic hydroxyl groups is 1. The number of hydrogen-bond donors (Lipinski definition) is 3. The van der Waals surface area contributed by atoms with Gasteiger partial charge in [-0.2, -0.15) is 0 Å². The van der Waals surface area contributed by atoms with Crippen LogP contribution >= 0.6 is 0 Å². The maximum absolute atomic E-state index is 13.7. The van der Waals surface area contributed by atoms with E-state index in [4.69, 9.17) is 10.5 Å². The van der Waals surface area contributed by atoms with E-state index in [1.807, 2.05) is 6.20 Å². The zero-order valence-electron chi connectivity index (χ0n) is 21.9. The SMILES string of the molecule is NC(=O)C(CCCc1ccc(CN(CCO)CCc2c[nH]c3ccc(F)cc23)cc1)OCc1ccc(F)cc1. The predicted octanol–water partition coefficient (Wildman–Crippen LogP) is 4.88. The number of aliphatic hydroxyl groups excluding tert-OH is 1. The number of hydrogen-bond acceptors (Lipinski definition) is 4. The fraction of sp³-hybridized carbons (Fsp3) is 0.323. The Morgan fingerprint density at radius 3 is 2.33 bits per heavy atom. The van der Waals surface area contributed by atoms with Crippen molar-refractivity contribution in [2.45, 2.75) is 44.9 Å². The number of nitrogens with two attached hydrogens (primary N) is 1. The second-order valence-corrected chi connectivity index (χ2v) is 9.79. The number of carbonyl (C=O) groups excluding carboxylic acids is 1. The monoisotopic (exact) mass is 535 g/mol. The van der Waals surface area contributed by atoms with Gasteiger partial charge in [-0.3, -0.25) is 9.69 Å². The molecule has 8 heteroatoms. The van der Waals surface area contributed by atoms with Gasteiger partial charge in [0.25, 0.3) is 0 Å². The molecule has 1 atom stereocenters. The van der Waals surface area contributed by atoms with Crippen LogP contribution in [0.2, 0.25) is 0 Å². The molecule has 0 radical (unpaired) electrons. The quantitative estimate of drug-likeness (QED) is 0.202. The van der Waals surface area contributed by atoms with Crippen LogP contribution in [0.15, 0.2) is 72.9 Å². The van der Waals surface area contributed by atoms with Crippen molar-refractivity contribution in [3.8, 4) is 0 Å². The Hall–Kier alpha value is -3.59. The van der Waals surface area contributed by atoms with E-state index in [1.54, 1.807) is 24.3 Å². The number of halogens is 2. The normalized spacial score (nSPS) is 12.3. The minimum atomic E-state index is -0.699. The molecule has 1 unspecified atom stereocenters. The summed E-state index contributed by atoms with van der Waals surface area (Å²) in [5, 5.41) is 10.5. The molecule has 0 bridgehead atoms. The van der Waals surface area contributed by atoms with E-state index >= 15 is 0 Å². The summed E-state index contributed by atoms with van der Waals surface area (Å²) >= 11 is 0. The summed E-state index contributed by atoms with van der Waals surface area (Å²) in [4.78, 5) is 17.2. The van der Waals surface area contributed by atoms with Crippen LogP contribution in [-0.4, -0.2) is 46.7 Å². The lowest BCUT2D eigenvalue weighted by Crippen LogP contribution is -2.31. The maximum Gasteiger partial charge on any atom is 0.246 e. The highest BCUT2D eigenvalue weighted by molar-refractivity contribution is 5.83. The zero-order valence-corrected chi connectivity index (χ0v) is 21.9. The average Bonchev–Trinajstić information content (AvgIpc) is 3.33. The topological polar surface area (TPSA) is 91.6 Å². The highest BCUT2D eigenvalue weighted by Crippen LogP contribution is 2.21. The molecule has 4 N–H and O–H groups in total. The molecule has 39 heavy (non-hydrogen) atoms. The number of ether oxygens (including phenoxy) is 1. The van der Waals surface area contributed by atoms with Gasteiger partial charge < -0.3 is 20.6 Å².